The number of nitrogens with zero attached hydrogens (tertiary/aromatic N) is 1. The van der Waals surface area contributed by atoms with Crippen molar-refractivity contribution >= 4 is 35.6 Å². The Morgan fingerprint density at radius 2 is 2.22 bits per heavy atom. The Morgan fingerprint density at radius 3 is 2.72 bits per heavy atom. The minimum Gasteiger partial charge on any atom is -0.451 e. The molecule has 1 fully saturated rings. The van der Waals surface area contributed by atoms with Crippen molar-refractivity contribution in [2.24, 2.45) is 5.73 Å². The zero-order valence-corrected chi connectivity index (χ0v) is 10.5. The fourth-order valence-electron chi connectivity index (χ4n) is 1.21. The molecular weight excluding hydrogens is 262 g/mol. The van der Waals surface area contributed by atoms with Gasteiger partial charge in [0.05, 0.1) is 11.6 Å². The van der Waals surface area contributed by atoms with Crippen LogP contribution in [0.2, 0.25) is 0 Å². The van der Waals surface area contributed by atoms with Gasteiger partial charge >= 0.3 is 12.0 Å². The van der Waals surface area contributed by atoms with Crippen LogP contribution in [0.5, 0.6) is 0 Å². The molecule has 0 aromatic heterocycles. The molecule has 0 spiro atoms. The summed E-state index contributed by atoms with van der Waals surface area (Å²) in [5.41, 5.74) is 4.75. The zero-order valence-electron chi connectivity index (χ0n) is 9.67. The van der Waals surface area contributed by atoms with Crippen molar-refractivity contribution in [1.82, 2.24) is 10.2 Å². The van der Waals surface area contributed by atoms with E-state index >= 15 is 0 Å². The van der Waals surface area contributed by atoms with Crippen LogP contribution < -0.4 is 11.1 Å². The predicted octanol–water partition coefficient (Wildman–Crippen LogP) is -1.35. The lowest BCUT2D eigenvalue weighted by Gasteiger charge is -2.16. The summed E-state index contributed by atoms with van der Waals surface area (Å²) in [6.07, 6.45) is -1.14. The van der Waals surface area contributed by atoms with Crippen molar-refractivity contribution < 1.29 is 23.9 Å². The lowest BCUT2D eigenvalue weighted by molar-refractivity contribution is -0.156. The van der Waals surface area contributed by atoms with Crippen LogP contribution in [0.25, 0.3) is 0 Å². The lowest BCUT2D eigenvalue weighted by Crippen LogP contribution is -2.43. The summed E-state index contributed by atoms with van der Waals surface area (Å²) in [6, 6.07) is -1.02. The van der Waals surface area contributed by atoms with Gasteiger partial charge < -0.3 is 15.4 Å². The molecule has 0 aromatic rings. The second-order valence-electron chi connectivity index (χ2n) is 3.55. The van der Waals surface area contributed by atoms with E-state index in [-0.39, 0.29) is 12.5 Å². The van der Waals surface area contributed by atoms with Crippen molar-refractivity contribution in [2.75, 3.05) is 18.2 Å². The van der Waals surface area contributed by atoms with Crippen LogP contribution in [-0.2, 0) is 19.1 Å². The minimum atomic E-state index is -1.14. The van der Waals surface area contributed by atoms with Crippen LogP contribution in [0.1, 0.15) is 6.92 Å². The molecule has 1 rings (SSSR count). The molecular formula is C9H13N3O5S. The number of rotatable bonds is 4. The summed E-state index contributed by atoms with van der Waals surface area (Å²) in [6.45, 7) is 1.09. The van der Waals surface area contributed by atoms with Crippen molar-refractivity contribution in [2.45, 2.75) is 13.0 Å². The molecule has 0 radical (unpaired) electrons. The van der Waals surface area contributed by atoms with Gasteiger partial charge in [-0.1, -0.05) is 0 Å². The van der Waals surface area contributed by atoms with Crippen molar-refractivity contribution in [3.63, 3.8) is 0 Å². The third-order valence-electron chi connectivity index (χ3n) is 2.07. The van der Waals surface area contributed by atoms with E-state index in [0.29, 0.717) is 11.6 Å². The molecule has 3 N–H and O–H groups in total. The standard InChI is InChI=1S/C9H13N3O5S/c1-5(8(15)11-9(10)16)17-7(14)2-12-4-18-3-6(12)13/h5H,2-4H2,1H3,(H3,10,11,15,16)/t5-/m1/s1. The molecule has 1 heterocycles. The Morgan fingerprint density at radius 1 is 1.56 bits per heavy atom. The number of thioether (sulfide) groups is 1. The van der Waals surface area contributed by atoms with Gasteiger partial charge in [-0.15, -0.1) is 11.8 Å². The topological polar surface area (TPSA) is 119 Å². The summed E-state index contributed by atoms with van der Waals surface area (Å²) in [5, 5.41) is 1.79. The number of nitrogens with one attached hydrogen (secondary N) is 1. The molecule has 1 aliphatic heterocycles. The molecule has 9 heteroatoms. The van der Waals surface area contributed by atoms with Crippen LogP contribution in [0.15, 0.2) is 0 Å². The molecule has 0 bridgehead atoms. The van der Waals surface area contributed by atoms with Gasteiger partial charge in [-0.2, -0.15) is 0 Å². The highest BCUT2D eigenvalue weighted by molar-refractivity contribution is 8.00. The monoisotopic (exact) mass is 275 g/mol. The largest absolute Gasteiger partial charge is 0.451 e. The maximum atomic E-state index is 11.4. The van der Waals surface area contributed by atoms with Gasteiger partial charge in [-0.3, -0.25) is 19.7 Å². The molecule has 8 nitrogen and oxygen atoms in total. The summed E-state index contributed by atoms with van der Waals surface area (Å²) < 4.78 is 4.76. The molecule has 4 amide bonds. The average molecular weight is 275 g/mol. The Balaban J connectivity index is 2.37. The molecule has 1 aliphatic rings. The number of urea groups is 1. The highest BCUT2D eigenvalue weighted by atomic mass is 32.2. The fourth-order valence-corrected chi connectivity index (χ4v) is 2.11. The van der Waals surface area contributed by atoms with Crippen molar-refractivity contribution in [3.8, 4) is 0 Å². The third kappa shape index (κ3) is 4.24. The van der Waals surface area contributed by atoms with Gasteiger partial charge in [0, 0.05) is 0 Å². The third-order valence-corrected chi connectivity index (χ3v) is 3.01. The number of esters is 1. The number of imide groups is 1. The quantitative estimate of drug-likeness (QED) is 0.612. The summed E-state index contributed by atoms with van der Waals surface area (Å²) in [7, 11) is 0. The smallest absolute Gasteiger partial charge is 0.326 e. The number of ether oxygens (including phenoxy) is 1. The fraction of sp³-hybridized carbons (Fsp3) is 0.556. The molecule has 0 unspecified atom stereocenters. The summed E-state index contributed by atoms with van der Waals surface area (Å²) >= 11 is 1.39. The van der Waals surface area contributed by atoms with Gasteiger partial charge in [0.25, 0.3) is 5.91 Å². The number of hydrogen-bond acceptors (Lipinski definition) is 6. The number of nitrogens with two attached hydrogens (primary N) is 1. The molecule has 1 saturated heterocycles. The predicted molar refractivity (Wildman–Crippen MR) is 62.3 cm³/mol. The van der Waals surface area contributed by atoms with E-state index in [1.165, 1.54) is 23.6 Å². The van der Waals surface area contributed by atoms with E-state index in [9.17, 15) is 19.2 Å². The van der Waals surface area contributed by atoms with Gasteiger partial charge in [-0.25, -0.2) is 4.79 Å². The molecule has 0 aromatic carbocycles. The second-order valence-corrected chi connectivity index (χ2v) is 4.51. The van der Waals surface area contributed by atoms with Gasteiger partial charge in [0.1, 0.15) is 6.54 Å². The first-order valence-electron chi connectivity index (χ1n) is 5.05. The van der Waals surface area contributed by atoms with Gasteiger partial charge in [0.2, 0.25) is 5.91 Å². The first-order chi connectivity index (χ1) is 8.40. The number of amides is 4. The van der Waals surface area contributed by atoms with E-state index in [0.717, 1.165) is 0 Å². The van der Waals surface area contributed by atoms with Crippen LogP contribution in [0.3, 0.4) is 0 Å². The first-order valence-corrected chi connectivity index (χ1v) is 6.21. The molecule has 0 aliphatic carbocycles. The van der Waals surface area contributed by atoms with Crippen LogP contribution in [-0.4, -0.2) is 53.0 Å². The molecule has 100 valence electrons. The highest BCUT2D eigenvalue weighted by Crippen LogP contribution is 2.14. The average Bonchev–Trinajstić information content (AvgIpc) is 2.63. The summed E-state index contributed by atoms with van der Waals surface area (Å²) in [5.74, 6) is -0.900. The van der Waals surface area contributed by atoms with Crippen LogP contribution in [0.4, 0.5) is 4.79 Å². The molecule has 18 heavy (non-hydrogen) atoms. The zero-order chi connectivity index (χ0) is 13.7. The maximum absolute atomic E-state index is 11.4. The number of carbonyl (C=O) groups excluding carboxylic acids is 4. The molecule has 0 saturated carbocycles. The van der Waals surface area contributed by atoms with E-state index in [1.807, 2.05) is 0 Å². The van der Waals surface area contributed by atoms with Gasteiger partial charge in [-0.05, 0) is 6.92 Å². The first kappa shape index (κ1) is 14.3. The lowest BCUT2D eigenvalue weighted by atomic mass is 10.4. The van der Waals surface area contributed by atoms with Crippen LogP contribution in [0, 0.1) is 0 Å². The van der Waals surface area contributed by atoms with Gasteiger partial charge in [0.15, 0.2) is 6.10 Å². The van der Waals surface area contributed by atoms with E-state index in [1.54, 1.807) is 5.32 Å². The Bertz CT molecular complexity index is 386. The molecule has 1 atom stereocenters. The second kappa shape index (κ2) is 6.24. The summed E-state index contributed by atoms with van der Waals surface area (Å²) in [4.78, 5) is 45.6. The SMILES string of the molecule is C[C@@H](OC(=O)CN1CSCC1=O)C(=O)NC(N)=O. The minimum absolute atomic E-state index is 0.147. The Labute approximate surface area is 107 Å². The van der Waals surface area contributed by atoms with E-state index < -0.39 is 24.0 Å². The number of hydrogen-bond donors (Lipinski definition) is 2. The van der Waals surface area contributed by atoms with E-state index in [2.05, 4.69) is 0 Å². The normalized spacial score (nSPS) is 16.3. The Kier molecular flexibility index (Phi) is 4.95. The highest BCUT2D eigenvalue weighted by Gasteiger charge is 2.25. The number of primary amides is 1. The van der Waals surface area contributed by atoms with E-state index in [4.69, 9.17) is 10.5 Å². The van der Waals surface area contributed by atoms with Crippen molar-refractivity contribution in [1.29, 1.82) is 0 Å². The maximum Gasteiger partial charge on any atom is 0.326 e. The van der Waals surface area contributed by atoms with Crippen LogP contribution >= 0.6 is 11.8 Å². The van der Waals surface area contributed by atoms with Crippen molar-refractivity contribution in [3.05, 3.63) is 0 Å². The number of carbonyl (C=O) groups is 4. The Hall–Kier alpha value is -1.77.